The Morgan fingerprint density at radius 3 is 2.06 bits per heavy atom. The monoisotopic (exact) mass is 441 g/mol. The summed E-state index contributed by atoms with van der Waals surface area (Å²) in [4.78, 5) is 12.6. The molecule has 6 nitrogen and oxygen atoms in total. The first-order valence-electron chi connectivity index (χ1n) is 9.91. The minimum absolute atomic E-state index is 0.159. The molecule has 0 aliphatic rings. The average molecular weight is 441 g/mol. The highest BCUT2D eigenvalue weighted by Crippen LogP contribution is 2.39. The van der Waals surface area contributed by atoms with Crippen molar-refractivity contribution in [1.29, 1.82) is 0 Å². The number of aliphatic hydroxyl groups is 1. The minimum Gasteiger partial charge on any atom is -0.490 e. The molecule has 0 aliphatic heterocycles. The number of rotatable bonds is 10. The minimum atomic E-state index is -4.62. The van der Waals surface area contributed by atoms with Gasteiger partial charge < -0.3 is 24.6 Å². The van der Waals surface area contributed by atoms with E-state index in [0.717, 1.165) is 6.07 Å². The van der Waals surface area contributed by atoms with Crippen molar-refractivity contribution in [3.63, 3.8) is 0 Å². The molecule has 2 rings (SSSR count). The van der Waals surface area contributed by atoms with E-state index >= 15 is 0 Å². The van der Waals surface area contributed by atoms with Gasteiger partial charge in [0.2, 0.25) is 5.75 Å². The molecule has 1 amide bonds. The predicted octanol–water partition coefficient (Wildman–Crippen LogP) is 4.36. The van der Waals surface area contributed by atoms with Gasteiger partial charge in [0, 0.05) is 12.1 Å². The van der Waals surface area contributed by atoms with Gasteiger partial charge in [0.1, 0.15) is 0 Å². The van der Waals surface area contributed by atoms with Crippen molar-refractivity contribution >= 4 is 5.91 Å². The molecule has 31 heavy (non-hydrogen) atoms. The molecule has 0 spiro atoms. The largest absolute Gasteiger partial charge is 0.490 e. The van der Waals surface area contributed by atoms with Crippen LogP contribution in [-0.2, 0) is 6.18 Å². The van der Waals surface area contributed by atoms with E-state index in [1.807, 2.05) is 0 Å². The summed E-state index contributed by atoms with van der Waals surface area (Å²) < 4.78 is 56.2. The fourth-order valence-electron chi connectivity index (χ4n) is 2.97. The molecule has 0 saturated carbocycles. The Morgan fingerprint density at radius 1 is 1.00 bits per heavy atom. The standard InChI is InChI=1S/C22H26F3NO5/c1-4-29-18-11-14(12-19(30-5-2)20(18)31-6-3)21(28)26-13-17(27)15-9-7-8-10-16(15)22(23,24)25/h7-12,17,27H,4-6,13H2,1-3H3,(H,26,28). The Morgan fingerprint density at radius 2 is 1.55 bits per heavy atom. The number of ether oxygens (including phenoxy) is 3. The summed E-state index contributed by atoms with van der Waals surface area (Å²) in [5.41, 5.74) is -1.10. The van der Waals surface area contributed by atoms with Gasteiger partial charge in [0.25, 0.3) is 5.91 Å². The normalized spacial score (nSPS) is 12.2. The number of hydrogen-bond acceptors (Lipinski definition) is 5. The average Bonchev–Trinajstić information content (AvgIpc) is 2.73. The summed E-state index contributed by atoms with van der Waals surface area (Å²) in [6.45, 7) is 5.94. The summed E-state index contributed by atoms with van der Waals surface area (Å²) in [6.07, 6.45) is -6.16. The highest BCUT2D eigenvalue weighted by Gasteiger charge is 2.34. The maximum Gasteiger partial charge on any atom is 0.416 e. The van der Waals surface area contributed by atoms with Gasteiger partial charge >= 0.3 is 6.18 Å². The van der Waals surface area contributed by atoms with Crippen LogP contribution in [0.2, 0.25) is 0 Å². The maximum atomic E-state index is 13.2. The summed E-state index contributed by atoms with van der Waals surface area (Å²) in [6, 6.07) is 7.62. The fraction of sp³-hybridized carbons (Fsp3) is 0.409. The molecular formula is C22H26F3NO5. The highest BCUT2D eigenvalue weighted by molar-refractivity contribution is 5.95. The van der Waals surface area contributed by atoms with E-state index in [4.69, 9.17) is 14.2 Å². The molecule has 0 bridgehead atoms. The molecule has 0 radical (unpaired) electrons. The summed E-state index contributed by atoms with van der Waals surface area (Å²) in [7, 11) is 0. The first-order valence-corrected chi connectivity index (χ1v) is 9.91. The SMILES string of the molecule is CCOc1cc(C(=O)NCC(O)c2ccccc2C(F)(F)F)cc(OCC)c1OCC. The van der Waals surface area contributed by atoms with Crippen LogP contribution < -0.4 is 19.5 Å². The van der Waals surface area contributed by atoms with Crippen molar-refractivity contribution in [2.24, 2.45) is 0 Å². The Bertz CT molecular complexity index is 859. The first kappa shape index (κ1) is 24.3. The Kier molecular flexibility index (Phi) is 8.56. The molecule has 2 aromatic carbocycles. The quantitative estimate of drug-likeness (QED) is 0.573. The van der Waals surface area contributed by atoms with Gasteiger partial charge in [-0.2, -0.15) is 13.2 Å². The van der Waals surface area contributed by atoms with Crippen molar-refractivity contribution in [1.82, 2.24) is 5.32 Å². The van der Waals surface area contributed by atoms with Crippen molar-refractivity contribution in [3.05, 3.63) is 53.1 Å². The number of halogens is 3. The van der Waals surface area contributed by atoms with Crippen LogP contribution in [0.25, 0.3) is 0 Å². The van der Waals surface area contributed by atoms with Crippen LogP contribution in [0.4, 0.5) is 13.2 Å². The molecule has 1 unspecified atom stereocenters. The second-order valence-electron chi connectivity index (χ2n) is 6.41. The lowest BCUT2D eigenvalue weighted by atomic mass is 10.0. The fourth-order valence-corrected chi connectivity index (χ4v) is 2.97. The van der Waals surface area contributed by atoms with Crippen molar-refractivity contribution in [2.75, 3.05) is 26.4 Å². The summed E-state index contributed by atoms with van der Waals surface area (Å²) in [5.74, 6) is 0.377. The van der Waals surface area contributed by atoms with Gasteiger partial charge in [-0.05, 0) is 44.5 Å². The molecule has 1 atom stereocenters. The zero-order valence-electron chi connectivity index (χ0n) is 17.6. The topological polar surface area (TPSA) is 77.0 Å². The van der Waals surface area contributed by atoms with Gasteiger partial charge in [0.05, 0.1) is 31.5 Å². The number of aliphatic hydroxyl groups excluding tert-OH is 1. The van der Waals surface area contributed by atoms with Crippen molar-refractivity contribution in [2.45, 2.75) is 33.1 Å². The van der Waals surface area contributed by atoms with Gasteiger partial charge in [-0.25, -0.2) is 0 Å². The lowest BCUT2D eigenvalue weighted by Crippen LogP contribution is -2.29. The third-order valence-corrected chi connectivity index (χ3v) is 4.25. The molecule has 2 N–H and O–H groups in total. The molecular weight excluding hydrogens is 415 g/mol. The number of carbonyl (C=O) groups is 1. The van der Waals surface area contributed by atoms with Gasteiger partial charge in [0.15, 0.2) is 11.5 Å². The Balaban J connectivity index is 2.24. The third-order valence-electron chi connectivity index (χ3n) is 4.25. The maximum absolute atomic E-state index is 13.2. The summed E-state index contributed by atoms with van der Waals surface area (Å²) in [5, 5.41) is 12.7. The number of alkyl halides is 3. The van der Waals surface area contributed by atoms with Crippen LogP contribution in [0.1, 0.15) is 48.4 Å². The number of nitrogens with one attached hydrogen (secondary N) is 1. The van der Waals surface area contributed by atoms with Crippen LogP contribution in [0.3, 0.4) is 0 Å². The van der Waals surface area contributed by atoms with Crippen LogP contribution in [-0.4, -0.2) is 37.4 Å². The number of benzene rings is 2. The Hall–Kier alpha value is -2.94. The van der Waals surface area contributed by atoms with Crippen LogP contribution in [0.5, 0.6) is 17.2 Å². The molecule has 170 valence electrons. The Labute approximate surface area is 178 Å². The molecule has 2 aromatic rings. The molecule has 0 aromatic heterocycles. The van der Waals surface area contributed by atoms with E-state index in [9.17, 15) is 23.1 Å². The number of hydrogen-bond donors (Lipinski definition) is 2. The zero-order valence-corrected chi connectivity index (χ0v) is 17.6. The van der Waals surface area contributed by atoms with Crippen molar-refractivity contribution < 1.29 is 37.3 Å². The van der Waals surface area contributed by atoms with Crippen LogP contribution in [0.15, 0.2) is 36.4 Å². The molecule has 9 heteroatoms. The molecule has 0 saturated heterocycles. The van der Waals surface area contributed by atoms with E-state index in [1.165, 1.54) is 30.3 Å². The third kappa shape index (κ3) is 6.27. The molecule has 0 heterocycles. The lowest BCUT2D eigenvalue weighted by Gasteiger charge is -2.19. The number of amides is 1. The van der Waals surface area contributed by atoms with E-state index in [1.54, 1.807) is 20.8 Å². The number of carbonyl (C=O) groups excluding carboxylic acids is 1. The second kappa shape index (κ2) is 10.9. The predicted molar refractivity (Wildman–Crippen MR) is 109 cm³/mol. The second-order valence-corrected chi connectivity index (χ2v) is 6.41. The molecule has 0 fully saturated rings. The van der Waals surface area contributed by atoms with E-state index in [2.05, 4.69) is 5.32 Å². The van der Waals surface area contributed by atoms with Gasteiger partial charge in [-0.15, -0.1) is 0 Å². The van der Waals surface area contributed by atoms with Gasteiger partial charge in [-0.3, -0.25) is 4.79 Å². The van der Waals surface area contributed by atoms with Crippen LogP contribution in [0, 0.1) is 0 Å². The van der Waals surface area contributed by atoms with E-state index in [0.29, 0.717) is 37.1 Å². The van der Waals surface area contributed by atoms with E-state index < -0.39 is 30.3 Å². The van der Waals surface area contributed by atoms with Crippen molar-refractivity contribution in [3.8, 4) is 17.2 Å². The van der Waals surface area contributed by atoms with Crippen LogP contribution >= 0.6 is 0 Å². The highest BCUT2D eigenvalue weighted by atomic mass is 19.4. The smallest absolute Gasteiger partial charge is 0.416 e. The zero-order chi connectivity index (χ0) is 23.0. The summed E-state index contributed by atoms with van der Waals surface area (Å²) >= 11 is 0. The molecule has 0 aliphatic carbocycles. The van der Waals surface area contributed by atoms with E-state index in [-0.39, 0.29) is 11.1 Å². The first-order chi connectivity index (χ1) is 14.7. The van der Waals surface area contributed by atoms with Gasteiger partial charge in [-0.1, -0.05) is 18.2 Å². The lowest BCUT2D eigenvalue weighted by molar-refractivity contribution is -0.139.